The molecule has 5 heteroatoms. The summed E-state index contributed by atoms with van der Waals surface area (Å²) in [6.45, 7) is 0.132. The fourth-order valence-corrected chi connectivity index (χ4v) is 13.9. The van der Waals surface area contributed by atoms with Gasteiger partial charge >= 0.3 is 0 Å². The molecule has 358 valence electrons. The average Bonchev–Trinajstić information content (AvgIpc) is 4.20. The molecule has 0 spiro atoms. The first-order chi connectivity index (χ1) is 38.2. The third kappa shape index (κ3) is 6.94. The molecule has 0 unspecified atom stereocenters. The van der Waals surface area contributed by atoms with Crippen molar-refractivity contribution >= 4 is 100 Å². The van der Waals surface area contributed by atoms with Gasteiger partial charge < -0.3 is 13.7 Å². The van der Waals surface area contributed by atoms with Crippen LogP contribution < -0.4 is 16.4 Å². The number of fused-ring (bicyclic) bond motifs is 12. The Bertz CT molecular complexity index is 4810. The van der Waals surface area contributed by atoms with Crippen LogP contribution in [0.4, 0.5) is 0 Å². The van der Waals surface area contributed by atoms with Gasteiger partial charge in [0, 0.05) is 59.2 Å². The van der Waals surface area contributed by atoms with E-state index in [4.69, 9.17) is 0 Å². The summed E-state index contributed by atoms with van der Waals surface area (Å²) in [5, 5.41) is 7.49. The summed E-state index contributed by atoms with van der Waals surface area (Å²) in [4.78, 5) is 2.65. The van der Waals surface area contributed by atoms with Crippen molar-refractivity contribution < 1.29 is 0 Å². The molecule has 4 heterocycles. The lowest BCUT2D eigenvalue weighted by atomic mass is 9.36. The molecule has 12 aromatic carbocycles. The normalized spacial score (nSPS) is 12.3. The lowest BCUT2D eigenvalue weighted by molar-refractivity contribution is 1.17. The Balaban J connectivity index is 0.848. The van der Waals surface area contributed by atoms with Gasteiger partial charge in [0.2, 0.25) is 6.71 Å². The maximum atomic E-state index is 2.48. The maximum Gasteiger partial charge on any atom is 0.244 e. The van der Waals surface area contributed by atoms with Crippen LogP contribution in [-0.4, -0.2) is 20.4 Å². The van der Waals surface area contributed by atoms with E-state index in [1.54, 1.807) is 0 Å². The number of para-hydroxylation sites is 3. The maximum absolute atomic E-state index is 2.48. The molecule has 0 saturated carbocycles. The minimum Gasteiger partial charge on any atom is -0.309 e. The second kappa shape index (κ2) is 17.5. The van der Waals surface area contributed by atoms with Crippen molar-refractivity contribution in [2.24, 2.45) is 0 Å². The van der Waals surface area contributed by atoms with E-state index >= 15 is 0 Å². The molecule has 15 aromatic rings. The highest BCUT2D eigenvalue weighted by atomic mass is 32.2. The summed E-state index contributed by atoms with van der Waals surface area (Å²) in [7, 11) is 0. The molecule has 0 N–H and O–H groups in total. The van der Waals surface area contributed by atoms with Gasteiger partial charge in [0.25, 0.3) is 0 Å². The Morgan fingerprint density at radius 1 is 0.247 bits per heavy atom. The van der Waals surface area contributed by atoms with Gasteiger partial charge in [0.15, 0.2) is 0 Å². The quantitative estimate of drug-likeness (QED) is 0.145. The number of hydrogen-bond donors (Lipinski definition) is 0. The molecule has 0 amide bonds. The molecule has 77 heavy (non-hydrogen) atoms. The molecule has 0 aliphatic carbocycles. The Hall–Kier alpha value is -9.55. The average molecular weight is 996 g/mol. The van der Waals surface area contributed by atoms with Crippen LogP contribution in [0.25, 0.3) is 116 Å². The molecule has 0 bridgehead atoms. The van der Waals surface area contributed by atoms with E-state index in [0.29, 0.717) is 0 Å². The monoisotopic (exact) mass is 995 g/mol. The summed E-state index contributed by atoms with van der Waals surface area (Å²) in [6, 6.07) is 103. The number of aromatic nitrogens is 3. The highest BCUT2D eigenvalue weighted by Crippen LogP contribution is 2.44. The highest BCUT2D eigenvalue weighted by Gasteiger charge is 2.31. The molecule has 3 aromatic heterocycles. The van der Waals surface area contributed by atoms with E-state index in [0.717, 1.165) is 17.1 Å². The van der Waals surface area contributed by atoms with E-state index < -0.39 is 0 Å². The molecule has 0 radical (unpaired) electrons. The van der Waals surface area contributed by atoms with Crippen molar-refractivity contribution in [3.8, 4) is 50.4 Å². The number of rotatable bonds is 7. The van der Waals surface area contributed by atoms with Crippen LogP contribution in [0.3, 0.4) is 0 Å². The van der Waals surface area contributed by atoms with Crippen molar-refractivity contribution in [3.63, 3.8) is 0 Å². The van der Waals surface area contributed by atoms with E-state index in [-0.39, 0.29) is 6.71 Å². The van der Waals surface area contributed by atoms with Gasteiger partial charge in [-0.15, -0.1) is 0 Å². The molecule has 3 nitrogen and oxygen atoms in total. The van der Waals surface area contributed by atoms with Crippen LogP contribution in [0.2, 0.25) is 0 Å². The molecule has 1 aliphatic rings. The molecule has 0 fully saturated rings. The van der Waals surface area contributed by atoms with Gasteiger partial charge in [-0.2, -0.15) is 0 Å². The van der Waals surface area contributed by atoms with Crippen molar-refractivity contribution in [2.45, 2.75) is 9.79 Å². The second-order valence-electron chi connectivity index (χ2n) is 20.4. The summed E-state index contributed by atoms with van der Waals surface area (Å²) in [5.74, 6) is 0. The lowest BCUT2D eigenvalue weighted by Gasteiger charge is -2.26. The molecule has 0 atom stereocenters. The van der Waals surface area contributed by atoms with Gasteiger partial charge in [-0.05, 0) is 130 Å². The third-order valence-corrected chi connectivity index (χ3v) is 17.3. The summed E-state index contributed by atoms with van der Waals surface area (Å²) >= 11 is 1.88. The van der Waals surface area contributed by atoms with E-state index in [2.05, 4.69) is 293 Å². The minimum atomic E-state index is 0.132. The Morgan fingerprint density at radius 3 is 1.26 bits per heavy atom. The zero-order valence-electron chi connectivity index (χ0n) is 41.9. The fraction of sp³-hybridized carbons (Fsp3) is 0. The lowest BCUT2D eigenvalue weighted by Crippen LogP contribution is -2.55. The standard InChI is InChI=1S/C72H46BN3S/c1-3-18-47(19-4-1)48-20-15-21-49(42-48)50-22-16-26-55(43-50)75-63-32-11-7-28-57(63)71-67(75)40-41-68-72(71)58-29-8-12-33-64(58)76(68)56-27-17-23-51(44-56)52-36-38-65-59(45-52)60-46-53(37-39-66(60)74(65)54-24-5-2-6-25-54)73-61-30-9-13-34-69(61)77-70-35-14-10-31-62(70)73/h1-46H. The second-order valence-corrected chi connectivity index (χ2v) is 21.5. The van der Waals surface area contributed by atoms with Gasteiger partial charge in [0.1, 0.15) is 0 Å². The zero-order chi connectivity index (χ0) is 50.6. The predicted octanol–water partition coefficient (Wildman–Crippen LogP) is 17.0. The summed E-state index contributed by atoms with van der Waals surface area (Å²) in [6.07, 6.45) is 0. The topological polar surface area (TPSA) is 14.8 Å². The first-order valence-electron chi connectivity index (χ1n) is 26.5. The number of nitrogens with zero attached hydrogens (tertiary/aromatic N) is 3. The van der Waals surface area contributed by atoms with Crippen LogP contribution in [0.5, 0.6) is 0 Å². The fourth-order valence-electron chi connectivity index (χ4n) is 12.8. The van der Waals surface area contributed by atoms with E-state index in [9.17, 15) is 0 Å². The Labute approximate surface area is 450 Å². The molecule has 0 saturated heterocycles. The largest absolute Gasteiger partial charge is 0.309 e. The Morgan fingerprint density at radius 2 is 0.649 bits per heavy atom. The van der Waals surface area contributed by atoms with Crippen molar-refractivity contribution in [1.82, 2.24) is 13.7 Å². The van der Waals surface area contributed by atoms with E-state index in [1.165, 1.54) is 125 Å². The first kappa shape index (κ1) is 43.8. The van der Waals surface area contributed by atoms with Crippen molar-refractivity contribution in [3.05, 3.63) is 279 Å². The summed E-state index contributed by atoms with van der Waals surface area (Å²) in [5.41, 5.74) is 21.8. The minimum absolute atomic E-state index is 0.132. The van der Waals surface area contributed by atoms with Crippen molar-refractivity contribution in [1.29, 1.82) is 0 Å². The highest BCUT2D eigenvalue weighted by molar-refractivity contribution is 8.00. The van der Waals surface area contributed by atoms with Crippen LogP contribution in [-0.2, 0) is 0 Å². The molecular weight excluding hydrogens is 950 g/mol. The number of hydrogen-bond acceptors (Lipinski definition) is 1. The smallest absolute Gasteiger partial charge is 0.244 e. The summed E-state index contributed by atoms with van der Waals surface area (Å²) < 4.78 is 7.37. The predicted molar refractivity (Wildman–Crippen MR) is 327 cm³/mol. The van der Waals surface area contributed by atoms with Crippen LogP contribution >= 0.6 is 11.8 Å². The van der Waals surface area contributed by atoms with Crippen LogP contribution in [0, 0.1) is 0 Å². The van der Waals surface area contributed by atoms with Gasteiger partial charge in [-0.25, -0.2) is 0 Å². The Kier molecular flexibility index (Phi) is 9.97. The van der Waals surface area contributed by atoms with Gasteiger partial charge in [-0.3, -0.25) is 0 Å². The molecule has 16 rings (SSSR count). The van der Waals surface area contributed by atoms with Crippen molar-refractivity contribution in [2.75, 3.05) is 0 Å². The van der Waals surface area contributed by atoms with Gasteiger partial charge in [-0.1, -0.05) is 210 Å². The zero-order valence-corrected chi connectivity index (χ0v) is 42.7. The van der Waals surface area contributed by atoms with E-state index in [1.807, 2.05) is 11.8 Å². The SMILES string of the molecule is c1ccc(-c2cccc(-c3cccc(-n4c5ccccc5c5c6c7ccccc7n(-c7cccc(-c8ccc9c(c8)c8cc(B%10c%11ccccc%11Sc%11ccccc%11%10)ccc8n9-c8ccccc8)c7)c6ccc54)c3)c2)cc1. The van der Waals surface area contributed by atoms with Gasteiger partial charge in [0.05, 0.1) is 33.1 Å². The molecule has 1 aliphatic heterocycles. The first-order valence-corrected chi connectivity index (χ1v) is 27.3. The third-order valence-electron chi connectivity index (χ3n) is 16.1. The van der Waals surface area contributed by atoms with Crippen LogP contribution in [0.15, 0.2) is 289 Å². The number of benzene rings is 12. The van der Waals surface area contributed by atoms with Crippen LogP contribution in [0.1, 0.15) is 0 Å². The molecular formula is C72H46BN3S.